The maximum Gasteiger partial charge on any atom is 0.0346 e. The van der Waals surface area contributed by atoms with Gasteiger partial charge in [-0.3, -0.25) is 4.98 Å². The lowest BCUT2D eigenvalue weighted by molar-refractivity contribution is 0.590. The Labute approximate surface area is 115 Å². The van der Waals surface area contributed by atoms with Crippen molar-refractivity contribution in [2.75, 3.05) is 7.05 Å². The van der Waals surface area contributed by atoms with Gasteiger partial charge in [-0.1, -0.05) is 45.0 Å². The molecule has 2 rings (SSSR count). The van der Waals surface area contributed by atoms with Crippen molar-refractivity contribution in [3.05, 3.63) is 53.9 Å². The number of rotatable bonds is 3. The smallest absolute Gasteiger partial charge is 0.0346 e. The Morgan fingerprint density at radius 1 is 1.00 bits per heavy atom. The van der Waals surface area contributed by atoms with Gasteiger partial charge in [-0.25, -0.2) is 0 Å². The van der Waals surface area contributed by atoms with E-state index in [2.05, 4.69) is 61.4 Å². The molecule has 0 atom stereocenters. The van der Waals surface area contributed by atoms with Crippen molar-refractivity contribution >= 4 is 0 Å². The largest absolute Gasteiger partial charge is 0.316 e. The summed E-state index contributed by atoms with van der Waals surface area (Å²) in [7, 11) is 1.95. The van der Waals surface area contributed by atoms with Crippen molar-refractivity contribution in [2.45, 2.75) is 32.7 Å². The second kappa shape index (κ2) is 5.54. The van der Waals surface area contributed by atoms with Crippen LogP contribution >= 0.6 is 0 Å². The van der Waals surface area contributed by atoms with Crippen molar-refractivity contribution in [1.82, 2.24) is 10.3 Å². The van der Waals surface area contributed by atoms with Gasteiger partial charge in [-0.2, -0.15) is 0 Å². The number of hydrogen-bond donors (Lipinski definition) is 1. The Kier molecular flexibility index (Phi) is 4.01. The standard InChI is InChI=1S/C17H22N2/c1-17(2,3)16-7-5-14(6-8-16)15-9-13(10-18-4)11-19-12-15/h5-9,11-12,18H,10H2,1-4H3. The van der Waals surface area contributed by atoms with E-state index in [1.165, 1.54) is 22.3 Å². The van der Waals surface area contributed by atoms with E-state index in [0.29, 0.717) is 0 Å². The van der Waals surface area contributed by atoms with E-state index in [1.807, 2.05) is 19.4 Å². The third kappa shape index (κ3) is 3.42. The zero-order valence-electron chi connectivity index (χ0n) is 12.2. The average Bonchev–Trinajstić information content (AvgIpc) is 2.39. The van der Waals surface area contributed by atoms with E-state index in [-0.39, 0.29) is 5.41 Å². The molecule has 0 spiro atoms. The monoisotopic (exact) mass is 254 g/mol. The molecule has 100 valence electrons. The Bertz CT molecular complexity index is 536. The fraction of sp³-hybridized carbons (Fsp3) is 0.353. The van der Waals surface area contributed by atoms with Crippen LogP contribution in [0.2, 0.25) is 0 Å². The first kappa shape index (κ1) is 13.8. The van der Waals surface area contributed by atoms with Crippen LogP contribution in [0.3, 0.4) is 0 Å². The maximum atomic E-state index is 4.31. The lowest BCUT2D eigenvalue weighted by atomic mass is 9.86. The van der Waals surface area contributed by atoms with Crippen LogP contribution < -0.4 is 5.32 Å². The summed E-state index contributed by atoms with van der Waals surface area (Å²) >= 11 is 0. The third-order valence-electron chi connectivity index (χ3n) is 3.26. The van der Waals surface area contributed by atoms with Crippen LogP contribution in [-0.2, 0) is 12.0 Å². The molecule has 0 saturated heterocycles. The summed E-state index contributed by atoms with van der Waals surface area (Å²) in [6.07, 6.45) is 3.83. The van der Waals surface area contributed by atoms with Crippen molar-refractivity contribution in [3.8, 4) is 11.1 Å². The molecular formula is C17H22N2. The van der Waals surface area contributed by atoms with Gasteiger partial charge >= 0.3 is 0 Å². The highest BCUT2D eigenvalue weighted by atomic mass is 14.8. The summed E-state index contributed by atoms with van der Waals surface area (Å²) in [6, 6.07) is 11.0. The van der Waals surface area contributed by atoms with Crippen LogP contribution in [0.4, 0.5) is 0 Å². The first-order chi connectivity index (χ1) is 9.00. The third-order valence-corrected chi connectivity index (χ3v) is 3.26. The number of aromatic nitrogens is 1. The average molecular weight is 254 g/mol. The molecule has 2 aromatic rings. The fourth-order valence-corrected chi connectivity index (χ4v) is 2.11. The maximum absolute atomic E-state index is 4.31. The van der Waals surface area contributed by atoms with Gasteiger partial charge in [0.15, 0.2) is 0 Å². The highest BCUT2D eigenvalue weighted by Crippen LogP contribution is 2.26. The van der Waals surface area contributed by atoms with E-state index in [4.69, 9.17) is 0 Å². The molecule has 0 aliphatic heterocycles. The minimum Gasteiger partial charge on any atom is -0.316 e. The summed E-state index contributed by atoms with van der Waals surface area (Å²) in [5.74, 6) is 0. The topological polar surface area (TPSA) is 24.9 Å². The zero-order valence-corrected chi connectivity index (χ0v) is 12.2. The van der Waals surface area contributed by atoms with Crippen molar-refractivity contribution in [3.63, 3.8) is 0 Å². The normalized spacial score (nSPS) is 11.6. The number of hydrogen-bond acceptors (Lipinski definition) is 2. The van der Waals surface area contributed by atoms with Crippen LogP contribution in [0.1, 0.15) is 31.9 Å². The predicted molar refractivity (Wildman–Crippen MR) is 81.1 cm³/mol. The molecule has 0 radical (unpaired) electrons. The number of benzene rings is 1. The molecule has 0 saturated carbocycles. The molecule has 1 heterocycles. The molecule has 0 fully saturated rings. The molecule has 1 aromatic heterocycles. The van der Waals surface area contributed by atoms with E-state index < -0.39 is 0 Å². The molecule has 19 heavy (non-hydrogen) atoms. The van der Waals surface area contributed by atoms with Gasteiger partial charge in [0.1, 0.15) is 0 Å². The van der Waals surface area contributed by atoms with Crippen LogP contribution in [-0.4, -0.2) is 12.0 Å². The van der Waals surface area contributed by atoms with Gasteiger partial charge in [0.05, 0.1) is 0 Å². The Hall–Kier alpha value is -1.67. The second-order valence-corrected chi connectivity index (χ2v) is 5.94. The van der Waals surface area contributed by atoms with Crippen LogP contribution in [0, 0.1) is 0 Å². The van der Waals surface area contributed by atoms with Gasteiger partial charge < -0.3 is 5.32 Å². The minimum atomic E-state index is 0.199. The van der Waals surface area contributed by atoms with Gasteiger partial charge in [0.25, 0.3) is 0 Å². The van der Waals surface area contributed by atoms with Crippen LogP contribution in [0.25, 0.3) is 11.1 Å². The predicted octanol–water partition coefficient (Wildman–Crippen LogP) is 3.77. The van der Waals surface area contributed by atoms with Crippen LogP contribution in [0.15, 0.2) is 42.7 Å². The molecule has 0 unspecified atom stereocenters. The van der Waals surface area contributed by atoms with Gasteiger partial charge in [-0.05, 0) is 35.2 Å². The Balaban J connectivity index is 2.29. The molecule has 0 aliphatic rings. The molecule has 1 aromatic carbocycles. The van der Waals surface area contributed by atoms with Gasteiger partial charge in [0.2, 0.25) is 0 Å². The Morgan fingerprint density at radius 3 is 2.26 bits per heavy atom. The molecule has 0 amide bonds. The number of nitrogens with zero attached hydrogens (tertiary/aromatic N) is 1. The minimum absolute atomic E-state index is 0.199. The molecule has 2 nitrogen and oxygen atoms in total. The summed E-state index contributed by atoms with van der Waals surface area (Å²) in [4.78, 5) is 4.31. The molecule has 0 bridgehead atoms. The lowest BCUT2D eigenvalue weighted by Crippen LogP contribution is -2.10. The SMILES string of the molecule is CNCc1cncc(-c2ccc(C(C)(C)C)cc2)c1. The van der Waals surface area contributed by atoms with E-state index in [0.717, 1.165) is 6.54 Å². The quantitative estimate of drug-likeness (QED) is 0.902. The van der Waals surface area contributed by atoms with E-state index in [9.17, 15) is 0 Å². The first-order valence-corrected chi connectivity index (χ1v) is 6.70. The van der Waals surface area contributed by atoms with Crippen LogP contribution in [0.5, 0.6) is 0 Å². The summed E-state index contributed by atoms with van der Waals surface area (Å²) < 4.78 is 0. The molecular weight excluding hydrogens is 232 g/mol. The van der Waals surface area contributed by atoms with Crippen molar-refractivity contribution < 1.29 is 0 Å². The molecule has 2 heteroatoms. The lowest BCUT2D eigenvalue weighted by Gasteiger charge is -2.19. The van der Waals surface area contributed by atoms with E-state index >= 15 is 0 Å². The second-order valence-electron chi connectivity index (χ2n) is 5.94. The molecule has 1 N–H and O–H groups in total. The Morgan fingerprint density at radius 2 is 1.68 bits per heavy atom. The number of nitrogens with one attached hydrogen (secondary N) is 1. The summed E-state index contributed by atoms with van der Waals surface area (Å²) in [5, 5.41) is 3.15. The first-order valence-electron chi connectivity index (χ1n) is 6.70. The fourth-order valence-electron chi connectivity index (χ4n) is 2.11. The summed E-state index contributed by atoms with van der Waals surface area (Å²) in [5.41, 5.74) is 5.16. The van der Waals surface area contributed by atoms with Crippen molar-refractivity contribution in [2.24, 2.45) is 0 Å². The van der Waals surface area contributed by atoms with Crippen molar-refractivity contribution in [1.29, 1.82) is 0 Å². The van der Waals surface area contributed by atoms with Gasteiger partial charge in [-0.15, -0.1) is 0 Å². The highest BCUT2D eigenvalue weighted by molar-refractivity contribution is 5.63. The number of pyridine rings is 1. The summed E-state index contributed by atoms with van der Waals surface area (Å²) in [6.45, 7) is 7.55. The molecule has 0 aliphatic carbocycles. The zero-order chi connectivity index (χ0) is 13.9. The van der Waals surface area contributed by atoms with Gasteiger partial charge in [0, 0.05) is 24.5 Å². The van der Waals surface area contributed by atoms with E-state index in [1.54, 1.807) is 0 Å². The highest BCUT2D eigenvalue weighted by Gasteiger charge is 2.13.